The second-order valence-electron chi connectivity index (χ2n) is 17.3. The van der Waals surface area contributed by atoms with Gasteiger partial charge >= 0.3 is 0 Å². The highest BCUT2D eigenvalue weighted by molar-refractivity contribution is 7.00. The van der Waals surface area contributed by atoms with Crippen molar-refractivity contribution in [3.63, 3.8) is 0 Å². The minimum Gasteiger partial charge on any atom is -0.354 e. The van der Waals surface area contributed by atoms with Crippen LogP contribution >= 0.6 is 0 Å². The number of para-hydroxylation sites is 2. The highest BCUT2D eigenvalue weighted by Gasteiger charge is 2.29. The van der Waals surface area contributed by atoms with Crippen molar-refractivity contribution in [1.82, 2.24) is 15.0 Å². The highest BCUT2D eigenvalue weighted by atomic mass is 28.3. The van der Waals surface area contributed by atoms with Crippen molar-refractivity contribution in [1.29, 1.82) is 0 Å². The van der Waals surface area contributed by atoms with Gasteiger partial charge in [-0.05, 0) is 80.6 Å². The van der Waals surface area contributed by atoms with Crippen molar-refractivity contribution in [2.75, 3.05) is 0 Å². The van der Waals surface area contributed by atoms with Crippen LogP contribution in [0.3, 0.4) is 0 Å². The first kappa shape index (κ1) is 35.4. The molecule has 0 fully saturated rings. The molecule has 54 heavy (non-hydrogen) atoms. The molecule has 0 amide bonds. The van der Waals surface area contributed by atoms with Crippen molar-refractivity contribution < 1.29 is 0 Å². The van der Waals surface area contributed by atoms with Crippen LogP contribution in [0.15, 0.2) is 146 Å². The molecule has 0 saturated heterocycles. The van der Waals surface area contributed by atoms with Gasteiger partial charge in [-0.3, -0.25) is 4.98 Å². The van der Waals surface area contributed by atoms with E-state index in [1.165, 1.54) is 49.1 Å². The standard InChI is InChI=1S/C50H49N3Si/c1-49(2,3)38-26-35(27-39(32-38)50(4,5)6)36-30-45(52-46(31-36)43-21-16-20-42-41-19-12-13-22-44(41)53-48(42)43)37-25-34(33-17-10-9-11-18-33)28-40(29-37)54(7,8)47-23-14-15-24-51-47/h9-32,53H,1-8H3. The number of pyridine rings is 2. The fraction of sp³-hybridized carbons (Fsp3) is 0.200. The Bertz CT molecular complexity index is 2610. The number of aromatic amines is 1. The predicted octanol–water partition coefficient (Wildman–Crippen LogP) is 12.2. The lowest BCUT2D eigenvalue weighted by Gasteiger charge is -2.26. The van der Waals surface area contributed by atoms with Crippen molar-refractivity contribution in [3.8, 4) is 44.8 Å². The summed E-state index contributed by atoms with van der Waals surface area (Å²) < 4.78 is 0. The molecule has 268 valence electrons. The molecular weight excluding hydrogens is 671 g/mol. The Morgan fingerprint density at radius 1 is 0.500 bits per heavy atom. The summed E-state index contributed by atoms with van der Waals surface area (Å²) in [6, 6.07) is 51.1. The summed E-state index contributed by atoms with van der Waals surface area (Å²) in [7, 11) is -2.20. The molecule has 0 spiro atoms. The molecule has 5 aromatic carbocycles. The maximum Gasteiger partial charge on any atom is 0.135 e. The van der Waals surface area contributed by atoms with Gasteiger partial charge in [0.15, 0.2) is 0 Å². The van der Waals surface area contributed by atoms with Gasteiger partial charge in [0.05, 0.1) is 16.9 Å². The van der Waals surface area contributed by atoms with Crippen LogP contribution < -0.4 is 10.5 Å². The zero-order valence-corrected chi connectivity index (χ0v) is 33.8. The fourth-order valence-electron chi connectivity index (χ4n) is 7.54. The summed E-state index contributed by atoms with van der Waals surface area (Å²) in [6.07, 6.45) is 1.92. The number of nitrogens with one attached hydrogen (secondary N) is 1. The SMILES string of the molecule is CC(C)(C)c1cc(-c2cc(-c3cc(-c4ccccc4)cc([Si](C)(C)c4ccccn4)c3)nc(-c3cccc4c3[nH]c3ccccc34)c2)cc(C(C)(C)C)c1. The van der Waals surface area contributed by atoms with E-state index < -0.39 is 8.07 Å². The van der Waals surface area contributed by atoms with E-state index >= 15 is 0 Å². The molecule has 0 radical (unpaired) electrons. The van der Waals surface area contributed by atoms with Gasteiger partial charge in [-0.1, -0.05) is 163 Å². The van der Waals surface area contributed by atoms with Crippen LogP contribution in [0.1, 0.15) is 52.7 Å². The lowest BCUT2D eigenvalue weighted by atomic mass is 9.79. The van der Waals surface area contributed by atoms with E-state index in [0.717, 1.165) is 39.1 Å². The lowest BCUT2D eigenvalue weighted by Crippen LogP contribution is -2.54. The second-order valence-corrected chi connectivity index (χ2v) is 21.7. The number of hydrogen-bond donors (Lipinski definition) is 1. The maximum absolute atomic E-state index is 5.57. The summed E-state index contributed by atoms with van der Waals surface area (Å²) in [5.74, 6) is 0. The molecule has 0 unspecified atom stereocenters. The number of rotatable bonds is 6. The number of H-pyrrole nitrogens is 1. The number of nitrogens with zero attached hydrogens (tertiary/aromatic N) is 2. The van der Waals surface area contributed by atoms with Gasteiger partial charge in [0.1, 0.15) is 8.07 Å². The Hall–Kier alpha value is -5.58. The van der Waals surface area contributed by atoms with Crippen LogP contribution in [-0.2, 0) is 10.8 Å². The zero-order valence-electron chi connectivity index (χ0n) is 32.8. The van der Waals surface area contributed by atoms with Crippen LogP contribution in [0.25, 0.3) is 66.6 Å². The van der Waals surface area contributed by atoms with Gasteiger partial charge in [-0.2, -0.15) is 0 Å². The molecule has 0 atom stereocenters. The monoisotopic (exact) mass is 719 g/mol. The van der Waals surface area contributed by atoms with Gasteiger partial charge < -0.3 is 4.98 Å². The number of hydrogen-bond acceptors (Lipinski definition) is 2. The Balaban J connectivity index is 1.42. The third-order valence-corrected chi connectivity index (χ3v) is 14.3. The van der Waals surface area contributed by atoms with Crippen LogP contribution in [0.2, 0.25) is 13.1 Å². The molecule has 0 aliphatic heterocycles. The summed E-state index contributed by atoms with van der Waals surface area (Å²) >= 11 is 0. The molecule has 8 rings (SSSR count). The van der Waals surface area contributed by atoms with E-state index in [2.05, 4.69) is 193 Å². The van der Waals surface area contributed by atoms with Gasteiger partial charge in [-0.25, -0.2) is 4.98 Å². The topological polar surface area (TPSA) is 41.6 Å². The summed E-state index contributed by atoms with van der Waals surface area (Å²) in [5, 5.41) is 4.93. The molecule has 3 aromatic heterocycles. The van der Waals surface area contributed by atoms with Crippen LogP contribution in [0.4, 0.5) is 0 Å². The Morgan fingerprint density at radius 3 is 1.81 bits per heavy atom. The van der Waals surface area contributed by atoms with Crippen LogP contribution in [0, 0.1) is 0 Å². The van der Waals surface area contributed by atoms with Gasteiger partial charge in [0.25, 0.3) is 0 Å². The van der Waals surface area contributed by atoms with E-state index in [9.17, 15) is 0 Å². The second kappa shape index (κ2) is 13.4. The molecule has 4 heteroatoms. The molecule has 0 aliphatic rings. The molecule has 0 aliphatic carbocycles. The Kier molecular flexibility index (Phi) is 8.78. The molecule has 3 nitrogen and oxygen atoms in total. The molecule has 0 bridgehead atoms. The van der Waals surface area contributed by atoms with E-state index in [-0.39, 0.29) is 10.8 Å². The number of benzene rings is 5. The smallest absolute Gasteiger partial charge is 0.135 e. The van der Waals surface area contributed by atoms with Crippen LogP contribution in [0.5, 0.6) is 0 Å². The lowest BCUT2D eigenvalue weighted by molar-refractivity contribution is 0.569. The molecular formula is C50H49N3Si. The maximum atomic E-state index is 5.57. The predicted molar refractivity (Wildman–Crippen MR) is 234 cm³/mol. The molecule has 3 heterocycles. The van der Waals surface area contributed by atoms with E-state index in [0.29, 0.717) is 0 Å². The summed E-state index contributed by atoms with van der Waals surface area (Å²) in [6.45, 7) is 18.7. The van der Waals surface area contributed by atoms with Crippen molar-refractivity contribution in [2.45, 2.75) is 65.5 Å². The Labute approximate surface area is 321 Å². The number of fused-ring (bicyclic) bond motifs is 3. The van der Waals surface area contributed by atoms with E-state index in [1.54, 1.807) is 0 Å². The first-order valence-corrected chi connectivity index (χ1v) is 22.1. The third kappa shape index (κ3) is 6.71. The minimum absolute atomic E-state index is 0.00868. The summed E-state index contributed by atoms with van der Waals surface area (Å²) in [4.78, 5) is 14.2. The zero-order chi connectivity index (χ0) is 37.8. The molecule has 1 N–H and O–H groups in total. The van der Waals surface area contributed by atoms with Crippen LogP contribution in [-0.4, -0.2) is 23.0 Å². The van der Waals surface area contributed by atoms with Crippen molar-refractivity contribution in [3.05, 3.63) is 157 Å². The van der Waals surface area contributed by atoms with E-state index in [1.807, 2.05) is 12.3 Å². The van der Waals surface area contributed by atoms with Gasteiger partial charge in [-0.15, -0.1) is 0 Å². The van der Waals surface area contributed by atoms with Gasteiger partial charge in [0, 0.05) is 38.9 Å². The van der Waals surface area contributed by atoms with Crippen molar-refractivity contribution >= 4 is 40.4 Å². The fourth-order valence-corrected chi connectivity index (χ4v) is 9.78. The molecule has 0 saturated carbocycles. The molecule has 8 aromatic rings. The Morgan fingerprint density at radius 2 is 1.11 bits per heavy atom. The average Bonchev–Trinajstić information content (AvgIpc) is 3.56. The average molecular weight is 720 g/mol. The highest BCUT2D eigenvalue weighted by Crippen LogP contribution is 2.39. The first-order valence-electron chi connectivity index (χ1n) is 19.1. The summed E-state index contributed by atoms with van der Waals surface area (Å²) in [5.41, 5.74) is 13.8. The minimum atomic E-state index is -2.20. The largest absolute Gasteiger partial charge is 0.354 e. The number of aromatic nitrogens is 3. The third-order valence-electron chi connectivity index (χ3n) is 11.0. The van der Waals surface area contributed by atoms with Gasteiger partial charge in [0.2, 0.25) is 0 Å². The van der Waals surface area contributed by atoms with E-state index in [4.69, 9.17) is 9.97 Å². The normalized spacial score (nSPS) is 12.4. The quantitative estimate of drug-likeness (QED) is 0.174. The first-order chi connectivity index (χ1) is 25.8. The van der Waals surface area contributed by atoms with Crippen molar-refractivity contribution in [2.24, 2.45) is 0 Å².